The lowest BCUT2D eigenvalue weighted by Crippen LogP contribution is -2.41. The third kappa shape index (κ3) is 4.56. The molecule has 0 aromatic carbocycles. The molecule has 6 heteroatoms. The topological polar surface area (TPSA) is 82.3 Å². The highest BCUT2D eigenvalue weighted by Crippen LogP contribution is 2.26. The van der Waals surface area contributed by atoms with Crippen molar-refractivity contribution in [3.8, 4) is 0 Å². The van der Waals surface area contributed by atoms with E-state index in [0.717, 1.165) is 17.9 Å². The second-order valence-corrected chi connectivity index (χ2v) is 5.35. The summed E-state index contributed by atoms with van der Waals surface area (Å²) in [5, 5.41) is 29.1. The van der Waals surface area contributed by atoms with Crippen molar-refractivity contribution >= 4 is 16.8 Å². The van der Waals surface area contributed by atoms with Crippen LogP contribution in [0.2, 0.25) is 0 Å². The molecular weight excluding hydrogens is 242 g/mol. The zero-order valence-electron chi connectivity index (χ0n) is 10.2. The van der Waals surface area contributed by atoms with Crippen molar-refractivity contribution in [2.45, 2.75) is 50.4 Å². The van der Waals surface area contributed by atoms with Gasteiger partial charge in [0, 0.05) is 0 Å². The van der Waals surface area contributed by atoms with Crippen molar-refractivity contribution in [2.24, 2.45) is 4.99 Å². The Balaban J connectivity index is 2.39. The Morgan fingerprint density at radius 1 is 1.53 bits per heavy atom. The molecule has 0 saturated carbocycles. The molecule has 0 bridgehead atoms. The fourth-order valence-electron chi connectivity index (χ4n) is 1.56. The molecule has 1 aliphatic heterocycles. The van der Waals surface area contributed by atoms with Gasteiger partial charge < -0.3 is 20.1 Å². The van der Waals surface area contributed by atoms with Gasteiger partial charge in [0.25, 0.3) is 0 Å². The maximum absolute atomic E-state index is 9.63. The van der Waals surface area contributed by atoms with Crippen LogP contribution in [0.5, 0.6) is 0 Å². The van der Waals surface area contributed by atoms with Crippen LogP contribution in [0.3, 0.4) is 0 Å². The van der Waals surface area contributed by atoms with E-state index in [1.165, 1.54) is 18.7 Å². The van der Waals surface area contributed by atoms with E-state index in [1.54, 1.807) is 0 Å². The summed E-state index contributed by atoms with van der Waals surface area (Å²) in [4.78, 5) is 4.33. The van der Waals surface area contributed by atoms with Gasteiger partial charge in [0.2, 0.25) is 0 Å². The maximum atomic E-state index is 9.63. The Bertz CT molecular complexity index is 260. The number of ether oxygens (including phenoxy) is 1. The lowest BCUT2D eigenvalue weighted by atomic mass is 10.1. The minimum atomic E-state index is -1.07. The number of hydrogen-bond acceptors (Lipinski definition) is 6. The second kappa shape index (κ2) is 7.33. The fourth-order valence-corrected chi connectivity index (χ4v) is 2.68. The van der Waals surface area contributed by atoms with Crippen LogP contribution in [-0.4, -0.2) is 57.3 Å². The van der Waals surface area contributed by atoms with Crippen LogP contribution >= 0.6 is 11.8 Å². The van der Waals surface area contributed by atoms with Crippen LogP contribution < -0.4 is 0 Å². The van der Waals surface area contributed by atoms with Gasteiger partial charge in [-0.2, -0.15) is 0 Å². The Morgan fingerprint density at radius 2 is 2.24 bits per heavy atom. The van der Waals surface area contributed by atoms with E-state index >= 15 is 0 Å². The standard InChI is InChI=1S/C11H21NO4S/c1-3-4-9-12-5-10(17-9)16-8(6-13)11(15)7(2)14/h7-8,10-11,13-15H,3-6H2,1-2H3/t7-,8-,10?,11+/m1/s1. The highest BCUT2D eigenvalue weighted by molar-refractivity contribution is 8.14. The molecule has 0 saturated heterocycles. The van der Waals surface area contributed by atoms with Crippen molar-refractivity contribution < 1.29 is 20.1 Å². The van der Waals surface area contributed by atoms with Gasteiger partial charge in [-0.3, -0.25) is 4.99 Å². The number of aliphatic imine (C=N–C) groups is 1. The van der Waals surface area contributed by atoms with Gasteiger partial charge in [-0.15, -0.1) is 0 Å². The number of hydrogen-bond donors (Lipinski definition) is 3. The van der Waals surface area contributed by atoms with Gasteiger partial charge in [-0.05, 0) is 13.3 Å². The van der Waals surface area contributed by atoms with Crippen LogP contribution in [0.4, 0.5) is 0 Å². The first-order valence-electron chi connectivity index (χ1n) is 5.90. The van der Waals surface area contributed by atoms with E-state index in [2.05, 4.69) is 11.9 Å². The summed E-state index contributed by atoms with van der Waals surface area (Å²) in [6.45, 7) is 3.79. The third-order valence-corrected chi connectivity index (χ3v) is 3.66. The van der Waals surface area contributed by atoms with Gasteiger partial charge >= 0.3 is 0 Å². The predicted molar refractivity (Wildman–Crippen MR) is 68.2 cm³/mol. The highest BCUT2D eigenvalue weighted by atomic mass is 32.2. The molecule has 17 heavy (non-hydrogen) atoms. The summed E-state index contributed by atoms with van der Waals surface area (Å²) in [7, 11) is 0. The van der Waals surface area contributed by atoms with Gasteiger partial charge in [0.15, 0.2) is 0 Å². The third-order valence-electron chi connectivity index (χ3n) is 2.53. The van der Waals surface area contributed by atoms with E-state index in [4.69, 9.17) is 9.84 Å². The minimum Gasteiger partial charge on any atom is -0.394 e. The number of aliphatic hydroxyl groups is 3. The average molecular weight is 263 g/mol. The van der Waals surface area contributed by atoms with Crippen LogP contribution in [0.15, 0.2) is 4.99 Å². The summed E-state index contributed by atoms with van der Waals surface area (Å²) in [6, 6.07) is 0. The number of thioether (sulfide) groups is 1. The average Bonchev–Trinajstić information content (AvgIpc) is 2.73. The Morgan fingerprint density at radius 3 is 2.76 bits per heavy atom. The van der Waals surface area contributed by atoms with Gasteiger partial charge in [0.05, 0.1) is 24.3 Å². The normalized spacial score (nSPS) is 25.5. The molecule has 5 nitrogen and oxygen atoms in total. The molecule has 0 spiro atoms. The summed E-state index contributed by atoms with van der Waals surface area (Å²) >= 11 is 1.53. The first kappa shape index (κ1) is 14.9. The van der Waals surface area contributed by atoms with Crippen LogP contribution in [0.1, 0.15) is 26.7 Å². The number of nitrogens with zero attached hydrogens (tertiary/aromatic N) is 1. The van der Waals surface area contributed by atoms with Crippen LogP contribution in [-0.2, 0) is 4.74 Å². The molecule has 0 aromatic rings. The smallest absolute Gasteiger partial charge is 0.128 e. The van der Waals surface area contributed by atoms with E-state index < -0.39 is 18.3 Å². The summed E-state index contributed by atoms with van der Waals surface area (Å²) in [5.41, 5.74) is -0.165. The SMILES string of the molecule is CCCC1=NCC(O[C@H](CO)[C@@H](O)[C@@H](C)O)S1. The largest absolute Gasteiger partial charge is 0.394 e. The first-order chi connectivity index (χ1) is 8.08. The van der Waals surface area contributed by atoms with E-state index in [0.29, 0.717) is 6.54 Å². The molecular formula is C11H21NO4S. The molecule has 100 valence electrons. The van der Waals surface area contributed by atoms with Gasteiger partial charge in [0.1, 0.15) is 17.6 Å². The quantitative estimate of drug-likeness (QED) is 0.618. The summed E-state index contributed by atoms with van der Waals surface area (Å²) < 4.78 is 5.55. The van der Waals surface area contributed by atoms with Crippen molar-refractivity contribution in [3.63, 3.8) is 0 Å². The van der Waals surface area contributed by atoms with E-state index in [1.807, 2.05) is 0 Å². The van der Waals surface area contributed by atoms with Gasteiger partial charge in [-0.1, -0.05) is 25.1 Å². The Labute approximate surface area is 106 Å². The summed E-state index contributed by atoms with van der Waals surface area (Å²) in [6.07, 6.45) is -0.778. The number of aliphatic hydroxyl groups excluding tert-OH is 3. The molecule has 4 atom stereocenters. The highest BCUT2D eigenvalue weighted by Gasteiger charge is 2.29. The Hall–Kier alpha value is -0.140. The van der Waals surface area contributed by atoms with Crippen molar-refractivity contribution in [3.05, 3.63) is 0 Å². The van der Waals surface area contributed by atoms with E-state index in [9.17, 15) is 10.2 Å². The molecule has 0 aliphatic carbocycles. The number of rotatable bonds is 7. The van der Waals surface area contributed by atoms with Crippen molar-refractivity contribution in [2.75, 3.05) is 13.2 Å². The van der Waals surface area contributed by atoms with Crippen molar-refractivity contribution in [1.29, 1.82) is 0 Å². The van der Waals surface area contributed by atoms with Gasteiger partial charge in [-0.25, -0.2) is 0 Å². The zero-order chi connectivity index (χ0) is 12.8. The molecule has 1 rings (SSSR count). The fraction of sp³-hybridized carbons (Fsp3) is 0.909. The molecule has 1 unspecified atom stereocenters. The monoisotopic (exact) mass is 263 g/mol. The predicted octanol–water partition coefficient (Wildman–Crippen LogP) is 0.377. The molecule has 3 N–H and O–H groups in total. The summed E-state index contributed by atoms with van der Waals surface area (Å²) in [5.74, 6) is 0. The van der Waals surface area contributed by atoms with Crippen molar-refractivity contribution in [1.82, 2.24) is 0 Å². The second-order valence-electron chi connectivity index (χ2n) is 4.12. The maximum Gasteiger partial charge on any atom is 0.128 e. The Kier molecular flexibility index (Phi) is 6.43. The van der Waals surface area contributed by atoms with Crippen LogP contribution in [0, 0.1) is 0 Å². The van der Waals surface area contributed by atoms with Crippen LogP contribution in [0.25, 0.3) is 0 Å². The molecule has 0 amide bonds. The molecule has 0 fully saturated rings. The first-order valence-corrected chi connectivity index (χ1v) is 6.78. The molecule has 0 radical (unpaired) electrons. The molecule has 1 heterocycles. The lowest BCUT2D eigenvalue weighted by molar-refractivity contribution is -0.107. The minimum absolute atomic E-state index is 0.165. The molecule has 1 aliphatic rings. The van der Waals surface area contributed by atoms with E-state index in [-0.39, 0.29) is 12.0 Å². The lowest BCUT2D eigenvalue weighted by Gasteiger charge is -2.25. The zero-order valence-corrected chi connectivity index (χ0v) is 11.1. The molecule has 0 aromatic heterocycles.